The molecule has 1 unspecified atom stereocenters. The van der Waals surface area contributed by atoms with Crippen LogP contribution in [0.15, 0.2) is 47.3 Å². The molecule has 1 aliphatic rings. The van der Waals surface area contributed by atoms with Crippen molar-refractivity contribution in [3.8, 4) is 11.5 Å². The lowest BCUT2D eigenvalue weighted by molar-refractivity contribution is 0.108. The van der Waals surface area contributed by atoms with Gasteiger partial charge >= 0.3 is 0 Å². The van der Waals surface area contributed by atoms with E-state index >= 15 is 0 Å². The number of methoxy groups -OCH3 is 2. The second-order valence-electron chi connectivity index (χ2n) is 9.04. The first-order valence-electron chi connectivity index (χ1n) is 12.3. The summed E-state index contributed by atoms with van der Waals surface area (Å²) >= 11 is 0. The molecule has 194 valence electrons. The highest BCUT2D eigenvalue weighted by atomic mass is 19.1. The van der Waals surface area contributed by atoms with E-state index in [1.54, 1.807) is 37.1 Å². The largest absolute Gasteiger partial charge is 0.493 e. The number of likely N-dealkylation sites (N-methyl/N-ethyl adjacent to an activating group) is 1. The van der Waals surface area contributed by atoms with Crippen LogP contribution in [0.2, 0.25) is 0 Å². The van der Waals surface area contributed by atoms with Crippen molar-refractivity contribution in [3.05, 3.63) is 75.6 Å². The molecule has 11 heteroatoms. The van der Waals surface area contributed by atoms with Gasteiger partial charge in [-0.15, -0.1) is 5.10 Å². The number of ether oxygens (including phenoxy) is 2. The number of piperazine rings is 1. The zero-order chi connectivity index (χ0) is 25.9. The molecule has 4 aromatic rings. The molecule has 1 fully saturated rings. The van der Waals surface area contributed by atoms with Crippen molar-refractivity contribution < 1.29 is 13.9 Å². The first-order chi connectivity index (χ1) is 18.0. The molecule has 0 radical (unpaired) electrons. The number of hydrogen-bond acceptors (Lipinski definition) is 8. The third-order valence-corrected chi connectivity index (χ3v) is 6.94. The predicted molar refractivity (Wildman–Crippen MR) is 137 cm³/mol. The average Bonchev–Trinajstić information content (AvgIpc) is 3.37. The molecule has 0 aliphatic carbocycles. The van der Waals surface area contributed by atoms with Crippen LogP contribution < -0.4 is 15.0 Å². The Morgan fingerprint density at radius 2 is 1.73 bits per heavy atom. The molecule has 3 heterocycles. The van der Waals surface area contributed by atoms with Gasteiger partial charge in [-0.3, -0.25) is 9.69 Å². The van der Waals surface area contributed by atoms with Gasteiger partial charge in [-0.1, -0.05) is 19.1 Å². The quantitative estimate of drug-likeness (QED) is 0.388. The molecule has 37 heavy (non-hydrogen) atoms. The molecule has 2 aromatic heterocycles. The van der Waals surface area contributed by atoms with Gasteiger partial charge in [0, 0.05) is 43.2 Å². The fraction of sp³-hybridized carbons (Fsp3) is 0.385. The third-order valence-electron chi connectivity index (χ3n) is 6.94. The van der Waals surface area contributed by atoms with E-state index in [0.717, 1.165) is 43.7 Å². The van der Waals surface area contributed by atoms with Gasteiger partial charge in [-0.05, 0) is 46.8 Å². The molecule has 2 aromatic carbocycles. The SMILES string of the molecule is CCN1CCN(C(c2cc3cc(OC)c(OC)cc3[nH]c2=O)c2nnnn2Cc2ccc(F)cc2)CC1. The second kappa shape index (κ2) is 10.7. The third kappa shape index (κ3) is 5.05. The molecule has 5 rings (SSSR count). The summed E-state index contributed by atoms with van der Waals surface area (Å²) in [6.45, 7) is 6.73. The second-order valence-corrected chi connectivity index (χ2v) is 9.04. The first-order valence-corrected chi connectivity index (χ1v) is 12.3. The monoisotopic (exact) mass is 507 g/mol. The van der Waals surface area contributed by atoms with Gasteiger partial charge < -0.3 is 19.4 Å². The van der Waals surface area contributed by atoms with E-state index in [2.05, 4.69) is 37.2 Å². The normalized spacial score (nSPS) is 15.7. The Hall–Kier alpha value is -3.83. The van der Waals surface area contributed by atoms with E-state index in [9.17, 15) is 9.18 Å². The van der Waals surface area contributed by atoms with Gasteiger partial charge in [0.15, 0.2) is 17.3 Å². The topological polar surface area (TPSA) is 101 Å². The number of aromatic amines is 1. The van der Waals surface area contributed by atoms with E-state index in [0.29, 0.717) is 34.9 Å². The Kier molecular flexibility index (Phi) is 7.15. The van der Waals surface area contributed by atoms with Gasteiger partial charge in [0.1, 0.15) is 11.9 Å². The minimum atomic E-state index is -0.476. The van der Waals surface area contributed by atoms with Crippen LogP contribution in [-0.4, -0.2) is 81.9 Å². The van der Waals surface area contributed by atoms with Crippen molar-refractivity contribution >= 4 is 10.9 Å². The lowest BCUT2D eigenvalue weighted by atomic mass is 10.0. The summed E-state index contributed by atoms with van der Waals surface area (Å²) in [5, 5.41) is 13.4. The number of nitrogens with zero attached hydrogens (tertiary/aromatic N) is 6. The fourth-order valence-electron chi connectivity index (χ4n) is 4.87. The summed E-state index contributed by atoms with van der Waals surface area (Å²) in [5.41, 5.74) is 1.82. The molecule has 1 saturated heterocycles. The number of benzene rings is 2. The maximum Gasteiger partial charge on any atom is 0.253 e. The Morgan fingerprint density at radius 1 is 1.03 bits per heavy atom. The minimum Gasteiger partial charge on any atom is -0.493 e. The van der Waals surface area contributed by atoms with Crippen LogP contribution >= 0.6 is 0 Å². The van der Waals surface area contributed by atoms with Crippen LogP contribution in [0.3, 0.4) is 0 Å². The van der Waals surface area contributed by atoms with Crippen molar-refractivity contribution in [2.45, 2.75) is 19.5 Å². The van der Waals surface area contributed by atoms with Gasteiger partial charge in [-0.2, -0.15) is 0 Å². The molecule has 0 amide bonds. The number of H-pyrrole nitrogens is 1. The van der Waals surface area contributed by atoms with E-state index in [1.165, 1.54) is 12.1 Å². The molecule has 10 nitrogen and oxygen atoms in total. The number of pyridine rings is 1. The van der Waals surface area contributed by atoms with Gasteiger partial charge in [0.05, 0.1) is 26.3 Å². The summed E-state index contributed by atoms with van der Waals surface area (Å²) in [6, 6.07) is 11.2. The number of tetrazole rings is 1. The highest BCUT2D eigenvalue weighted by molar-refractivity contribution is 5.83. The zero-order valence-corrected chi connectivity index (χ0v) is 21.1. The number of fused-ring (bicyclic) bond motifs is 1. The summed E-state index contributed by atoms with van der Waals surface area (Å²) in [4.78, 5) is 21.1. The number of aromatic nitrogens is 5. The maximum absolute atomic E-state index is 13.5. The van der Waals surface area contributed by atoms with Crippen LogP contribution in [0.4, 0.5) is 4.39 Å². The highest BCUT2D eigenvalue weighted by Gasteiger charge is 2.32. The van der Waals surface area contributed by atoms with E-state index in [1.807, 2.05) is 12.1 Å². The Bertz CT molecular complexity index is 1430. The Labute approximate surface area is 213 Å². The molecular formula is C26H30FN7O3. The maximum atomic E-state index is 13.5. The van der Waals surface area contributed by atoms with Crippen LogP contribution in [0, 0.1) is 5.82 Å². The smallest absolute Gasteiger partial charge is 0.253 e. The number of nitrogens with one attached hydrogen (secondary N) is 1. The molecule has 1 aliphatic heterocycles. The van der Waals surface area contributed by atoms with Gasteiger partial charge in [-0.25, -0.2) is 9.07 Å². The predicted octanol–water partition coefficient (Wildman–Crippen LogP) is 2.45. The van der Waals surface area contributed by atoms with Crippen LogP contribution in [0.1, 0.15) is 29.9 Å². The molecular weight excluding hydrogens is 477 g/mol. The van der Waals surface area contributed by atoms with E-state index < -0.39 is 6.04 Å². The average molecular weight is 508 g/mol. The van der Waals surface area contributed by atoms with Crippen molar-refractivity contribution in [1.29, 1.82) is 0 Å². The van der Waals surface area contributed by atoms with Crippen LogP contribution in [0.25, 0.3) is 10.9 Å². The Balaban J connectivity index is 1.60. The van der Waals surface area contributed by atoms with Crippen molar-refractivity contribution in [2.24, 2.45) is 0 Å². The molecule has 0 spiro atoms. The number of rotatable bonds is 8. The molecule has 0 saturated carbocycles. The van der Waals surface area contributed by atoms with E-state index in [4.69, 9.17) is 9.47 Å². The standard InChI is InChI=1S/C26H30FN7O3/c1-4-32-9-11-33(12-10-32)24(25-29-30-31-34(25)16-17-5-7-19(27)8-6-17)20-13-18-14-22(36-2)23(37-3)15-21(18)28-26(20)35/h5-8,13-15,24H,4,9-12,16H2,1-3H3,(H,28,35). The number of halogens is 1. The molecule has 0 bridgehead atoms. The van der Waals surface area contributed by atoms with Crippen LogP contribution in [-0.2, 0) is 6.54 Å². The summed E-state index contributed by atoms with van der Waals surface area (Å²) in [6.07, 6.45) is 0. The minimum absolute atomic E-state index is 0.223. The number of hydrogen-bond donors (Lipinski definition) is 1. The van der Waals surface area contributed by atoms with Crippen molar-refractivity contribution in [3.63, 3.8) is 0 Å². The van der Waals surface area contributed by atoms with Gasteiger partial charge in [0.2, 0.25) is 0 Å². The Morgan fingerprint density at radius 3 is 2.41 bits per heavy atom. The molecule has 1 N–H and O–H groups in total. The summed E-state index contributed by atoms with van der Waals surface area (Å²) < 4.78 is 26.0. The lowest BCUT2D eigenvalue weighted by Crippen LogP contribution is -2.49. The van der Waals surface area contributed by atoms with Crippen molar-refractivity contribution in [2.75, 3.05) is 46.9 Å². The van der Waals surface area contributed by atoms with Crippen LogP contribution in [0.5, 0.6) is 11.5 Å². The lowest BCUT2D eigenvalue weighted by Gasteiger charge is -2.38. The summed E-state index contributed by atoms with van der Waals surface area (Å²) in [7, 11) is 3.14. The van der Waals surface area contributed by atoms with Crippen molar-refractivity contribution in [1.82, 2.24) is 35.0 Å². The van der Waals surface area contributed by atoms with E-state index in [-0.39, 0.29) is 11.4 Å². The zero-order valence-electron chi connectivity index (χ0n) is 21.1. The highest BCUT2D eigenvalue weighted by Crippen LogP contribution is 2.33. The first kappa shape index (κ1) is 24.8. The fourth-order valence-corrected chi connectivity index (χ4v) is 4.87. The van der Waals surface area contributed by atoms with Gasteiger partial charge in [0.25, 0.3) is 5.56 Å². The molecule has 1 atom stereocenters. The summed E-state index contributed by atoms with van der Waals surface area (Å²) in [5.74, 6) is 1.36.